The van der Waals surface area contributed by atoms with E-state index in [4.69, 9.17) is 8.92 Å². The number of aryl methyl sites for hydroxylation is 1. The van der Waals surface area contributed by atoms with E-state index in [-0.39, 0.29) is 0 Å². The Kier molecular flexibility index (Phi) is 3.99. The highest BCUT2D eigenvalue weighted by Gasteiger charge is 2.07. The molecule has 93 valence electrons. The summed E-state index contributed by atoms with van der Waals surface area (Å²) in [6, 6.07) is 15.4. The van der Waals surface area contributed by atoms with Crippen molar-refractivity contribution in [3.63, 3.8) is 0 Å². The second-order valence-electron chi connectivity index (χ2n) is 3.71. The van der Waals surface area contributed by atoms with Crippen LogP contribution in [0.2, 0.25) is 0 Å². The van der Waals surface area contributed by atoms with Crippen LogP contribution in [0.25, 0.3) is 0 Å². The van der Waals surface area contributed by atoms with E-state index in [0.29, 0.717) is 16.4 Å². The molecule has 0 N–H and O–H groups in total. The molecule has 0 fully saturated rings. The van der Waals surface area contributed by atoms with Crippen molar-refractivity contribution in [3.05, 3.63) is 54.1 Å². The quantitative estimate of drug-likeness (QED) is 0.849. The minimum Gasteiger partial charge on any atom is -0.496 e. The number of rotatable bonds is 4. The van der Waals surface area contributed by atoms with Crippen LogP contribution in [0.15, 0.2) is 47.4 Å². The number of hydrogen-bond acceptors (Lipinski definition) is 3. The average molecular weight is 261 g/mol. The first-order chi connectivity index (χ1) is 8.69. The van der Waals surface area contributed by atoms with Gasteiger partial charge in [0.05, 0.1) is 18.1 Å². The molecule has 0 saturated heterocycles. The number of methoxy groups -OCH3 is 1. The van der Waals surface area contributed by atoms with Gasteiger partial charge in [0, 0.05) is 0 Å². The van der Waals surface area contributed by atoms with Crippen LogP contribution < -0.4 is 8.92 Å². The molecule has 1 atom stereocenters. The zero-order chi connectivity index (χ0) is 13.0. The fourth-order valence-corrected chi connectivity index (χ4v) is 2.09. The molecule has 2 aromatic carbocycles. The van der Waals surface area contributed by atoms with Gasteiger partial charge in [-0.05, 0) is 31.2 Å². The Morgan fingerprint density at radius 1 is 1.06 bits per heavy atom. The van der Waals surface area contributed by atoms with Crippen LogP contribution >= 0.6 is 0 Å². The Hall–Kier alpha value is -1.81. The standard InChI is InChI=1S/C14H13O3S/c1-11-6-8-14(9-7-11)18(15)17-13-5-3-4-12(10-13)16-2/h3-9H,1-2H3. The molecule has 2 aromatic rings. The number of benzene rings is 2. The number of hydrogen-bond donors (Lipinski definition) is 0. The van der Waals surface area contributed by atoms with E-state index in [1.807, 2.05) is 19.1 Å². The third kappa shape index (κ3) is 3.11. The summed E-state index contributed by atoms with van der Waals surface area (Å²) in [4.78, 5) is 0.622. The van der Waals surface area contributed by atoms with Gasteiger partial charge in [-0.3, -0.25) is 0 Å². The van der Waals surface area contributed by atoms with Crippen LogP contribution in [-0.4, -0.2) is 11.3 Å². The summed E-state index contributed by atoms with van der Waals surface area (Å²) in [6.45, 7) is 1.98. The summed E-state index contributed by atoms with van der Waals surface area (Å²) in [7, 11) is 1.55. The van der Waals surface area contributed by atoms with Crippen molar-refractivity contribution in [2.24, 2.45) is 0 Å². The van der Waals surface area contributed by atoms with Gasteiger partial charge in [0.2, 0.25) is 11.1 Å². The lowest BCUT2D eigenvalue weighted by Gasteiger charge is -2.06. The Morgan fingerprint density at radius 3 is 2.39 bits per heavy atom. The van der Waals surface area contributed by atoms with Crippen LogP contribution in [0.5, 0.6) is 11.5 Å². The molecule has 2 rings (SSSR count). The van der Waals surface area contributed by atoms with E-state index in [1.54, 1.807) is 37.4 Å². The third-order valence-corrected chi connectivity index (χ3v) is 3.33. The zero-order valence-corrected chi connectivity index (χ0v) is 11.0. The van der Waals surface area contributed by atoms with Crippen molar-refractivity contribution in [1.29, 1.82) is 0 Å². The monoisotopic (exact) mass is 261 g/mol. The first-order valence-electron chi connectivity index (χ1n) is 5.42. The second-order valence-corrected chi connectivity index (χ2v) is 4.82. The van der Waals surface area contributed by atoms with E-state index in [9.17, 15) is 4.21 Å². The molecule has 3 nitrogen and oxygen atoms in total. The minimum absolute atomic E-state index is 0.397. The topological polar surface area (TPSA) is 35.5 Å². The molecule has 4 heteroatoms. The fraction of sp³-hybridized carbons (Fsp3) is 0.143. The maximum absolute atomic E-state index is 12.0. The molecular formula is C14H13O3S. The van der Waals surface area contributed by atoms with Crippen molar-refractivity contribution >= 4 is 11.1 Å². The lowest BCUT2D eigenvalue weighted by atomic mass is 10.2. The van der Waals surface area contributed by atoms with Crippen LogP contribution in [-0.2, 0) is 11.1 Å². The number of ether oxygens (including phenoxy) is 1. The van der Waals surface area contributed by atoms with Crippen molar-refractivity contribution < 1.29 is 13.1 Å². The van der Waals surface area contributed by atoms with Crippen molar-refractivity contribution in [2.75, 3.05) is 7.11 Å². The average Bonchev–Trinajstić information content (AvgIpc) is 2.39. The molecule has 1 radical (unpaired) electrons. The van der Waals surface area contributed by atoms with Gasteiger partial charge >= 0.3 is 0 Å². The Bertz CT molecular complexity index is 549. The van der Waals surface area contributed by atoms with Crippen LogP contribution in [0.4, 0.5) is 0 Å². The highest BCUT2D eigenvalue weighted by Crippen LogP contribution is 2.20. The second kappa shape index (κ2) is 5.69. The molecule has 0 amide bonds. The molecule has 0 aliphatic carbocycles. The first-order valence-corrected chi connectivity index (χ1v) is 6.49. The molecule has 0 aromatic heterocycles. The largest absolute Gasteiger partial charge is 0.496 e. The molecular weight excluding hydrogens is 248 g/mol. The summed E-state index contributed by atoms with van der Waals surface area (Å²) in [5.41, 5.74) is 1.11. The molecule has 0 heterocycles. The van der Waals surface area contributed by atoms with E-state index in [1.165, 1.54) is 0 Å². The highest BCUT2D eigenvalue weighted by molar-refractivity contribution is 7.80. The Morgan fingerprint density at radius 2 is 1.72 bits per heavy atom. The van der Waals surface area contributed by atoms with E-state index in [0.717, 1.165) is 5.56 Å². The van der Waals surface area contributed by atoms with E-state index < -0.39 is 11.1 Å². The molecule has 0 aliphatic heterocycles. The predicted octanol–water partition coefficient (Wildman–Crippen LogP) is 2.91. The fourth-order valence-electron chi connectivity index (χ4n) is 1.37. The molecule has 0 spiro atoms. The first kappa shape index (κ1) is 12.6. The van der Waals surface area contributed by atoms with Gasteiger partial charge in [-0.1, -0.05) is 23.8 Å². The molecule has 0 aliphatic rings. The van der Waals surface area contributed by atoms with Gasteiger partial charge in [-0.15, -0.1) is 0 Å². The Balaban J connectivity index is 2.13. The summed E-state index contributed by atoms with van der Waals surface area (Å²) in [6.07, 6.45) is 0. The summed E-state index contributed by atoms with van der Waals surface area (Å²) < 4.78 is 22.3. The van der Waals surface area contributed by atoms with Crippen LogP contribution in [0.1, 0.15) is 5.56 Å². The maximum Gasteiger partial charge on any atom is 0.240 e. The van der Waals surface area contributed by atoms with Gasteiger partial charge in [-0.2, -0.15) is 0 Å². The molecule has 0 bridgehead atoms. The minimum atomic E-state index is -1.54. The van der Waals surface area contributed by atoms with Gasteiger partial charge < -0.3 is 8.92 Å². The molecule has 0 saturated carbocycles. The predicted molar refractivity (Wildman–Crippen MR) is 70.0 cm³/mol. The van der Waals surface area contributed by atoms with Crippen molar-refractivity contribution in [1.82, 2.24) is 0 Å². The van der Waals surface area contributed by atoms with Gasteiger partial charge in [0.15, 0.2) is 5.75 Å². The van der Waals surface area contributed by atoms with E-state index in [2.05, 4.69) is 6.07 Å². The summed E-state index contributed by atoms with van der Waals surface area (Å²) in [5, 5.41) is 0. The summed E-state index contributed by atoms with van der Waals surface area (Å²) >= 11 is -1.54. The van der Waals surface area contributed by atoms with Gasteiger partial charge in [0.1, 0.15) is 5.75 Å². The highest BCUT2D eigenvalue weighted by atomic mass is 32.2. The van der Waals surface area contributed by atoms with Crippen LogP contribution in [0.3, 0.4) is 0 Å². The maximum atomic E-state index is 12.0. The summed E-state index contributed by atoms with van der Waals surface area (Å²) in [5.74, 6) is 0.946. The molecule has 18 heavy (non-hydrogen) atoms. The van der Waals surface area contributed by atoms with Gasteiger partial charge in [-0.25, -0.2) is 4.21 Å². The van der Waals surface area contributed by atoms with Gasteiger partial charge in [0.25, 0.3) is 0 Å². The molecule has 1 unspecified atom stereocenters. The Labute approximate surface area is 109 Å². The van der Waals surface area contributed by atoms with E-state index >= 15 is 0 Å². The lowest BCUT2D eigenvalue weighted by Crippen LogP contribution is -2.01. The SMILES string of the molecule is COc1[c]c(OS(=O)c2ccc(C)cc2)ccc1. The third-order valence-electron chi connectivity index (χ3n) is 2.34. The smallest absolute Gasteiger partial charge is 0.240 e. The lowest BCUT2D eigenvalue weighted by molar-refractivity contribution is 0.411. The zero-order valence-electron chi connectivity index (χ0n) is 10.2. The van der Waals surface area contributed by atoms with Crippen LogP contribution in [0, 0.1) is 13.0 Å². The normalized spacial score (nSPS) is 11.9. The van der Waals surface area contributed by atoms with Crippen molar-refractivity contribution in [2.45, 2.75) is 11.8 Å². The van der Waals surface area contributed by atoms with Crippen molar-refractivity contribution in [3.8, 4) is 11.5 Å².